The second-order valence-electron chi connectivity index (χ2n) is 6.46. The molecule has 0 bridgehead atoms. The van der Waals surface area contributed by atoms with Crippen molar-refractivity contribution in [3.8, 4) is 0 Å². The number of benzene rings is 2. The Hall–Kier alpha value is -3.31. The van der Waals surface area contributed by atoms with Crippen molar-refractivity contribution >= 4 is 45.2 Å². The first-order valence-electron chi connectivity index (χ1n) is 8.71. The maximum Gasteiger partial charge on any atom is 0.340 e. The summed E-state index contributed by atoms with van der Waals surface area (Å²) in [6.45, 7) is -0.484. The average molecular weight is 478 g/mol. The van der Waals surface area contributed by atoms with Gasteiger partial charge in [0.2, 0.25) is 5.91 Å². The Balaban J connectivity index is 1.44. The lowest BCUT2D eigenvalue weighted by atomic mass is 10.2. The van der Waals surface area contributed by atoms with Crippen molar-refractivity contribution in [2.75, 3.05) is 16.8 Å². The van der Waals surface area contributed by atoms with Gasteiger partial charge in [-0.25, -0.2) is 18.6 Å². The van der Waals surface area contributed by atoms with E-state index in [1.165, 1.54) is 17.3 Å². The molecule has 154 valence electrons. The number of urea groups is 1. The fraction of sp³-hybridized carbons (Fsp3) is 0.105. The normalized spacial score (nSPS) is 18.1. The van der Waals surface area contributed by atoms with E-state index in [1.54, 1.807) is 24.3 Å². The van der Waals surface area contributed by atoms with Crippen LogP contribution in [0.3, 0.4) is 0 Å². The van der Waals surface area contributed by atoms with E-state index in [2.05, 4.69) is 26.7 Å². The van der Waals surface area contributed by atoms with Crippen LogP contribution in [0.2, 0.25) is 0 Å². The molecular weight excluding hydrogens is 464 g/mol. The predicted molar refractivity (Wildman–Crippen MR) is 107 cm³/mol. The second-order valence-corrected chi connectivity index (χ2v) is 7.38. The Labute approximate surface area is 177 Å². The van der Waals surface area contributed by atoms with Gasteiger partial charge in [-0.05, 0) is 36.4 Å². The van der Waals surface area contributed by atoms with E-state index in [-0.39, 0.29) is 5.69 Å². The number of rotatable bonds is 4. The number of carbonyl (C=O) groups excluding carboxylic acids is 3. The number of nitrogens with zero attached hydrogens (tertiary/aromatic N) is 3. The second kappa shape index (κ2) is 7.84. The van der Waals surface area contributed by atoms with Crippen LogP contribution >= 0.6 is 15.9 Å². The highest BCUT2D eigenvalue weighted by Crippen LogP contribution is 2.25. The molecule has 2 aromatic rings. The van der Waals surface area contributed by atoms with Gasteiger partial charge in [-0.2, -0.15) is 5.43 Å². The minimum Gasteiger partial charge on any atom is -0.322 e. The molecule has 2 heterocycles. The number of fused-ring (bicyclic) bond motifs is 1. The minimum atomic E-state index is -1.03. The Morgan fingerprint density at radius 3 is 2.53 bits per heavy atom. The van der Waals surface area contributed by atoms with Gasteiger partial charge < -0.3 is 5.32 Å². The quantitative estimate of drug-likeness (QED) is 0.708. The summed E-state index contributed by atoms with van der Waals surface area (Å²) in [5.41, 5.74) is 3.08. The summed E-state index contributed by atoms with van der Waals surface area (Å²) < 4.78 is 27.5. The van der Waals surface area contributed by atoms with Crippen molar-refractivity contribution in [3.05, 3.63) is 71.0 Å². The lowest BCUT2D eigenvalue weighted by Crippen LogP contribution is -2.52. The third-order valence-corrected chi connectivity index (χ3v) is 5.00. The molecule has 1 saturated heterocycles. The van der Waals surface area contributed by atoms with Crippen molar-refractivity contribution in [3.63, 3.8) is 0 Å². The molecule has 30 heavy (non-hydrogen) atoms. The molecule has 0 spiro atoms. The van der Waals surface area contributed by atoms with Gasteiger partial charge in [0.1, 0.15) is 18.2 Å². The molecule has 2 N–H and O–H groups in total. The molecule has 4 amide bonds. The van der Waals surface area contributed by atoms with E-state index in [4.69, 9.17) is 0 Å². The molecule has 1 fully saturated rings. The first-order valence-corrected chi connectivity index (χ1v) is 9.50. The van der Waals surface area contributed by atoms with Crippen LogP contribution in [0.25, 0.3) is 0 Å². The van der Waals surface area contributed by atoms with E-state index < -0.39 is 42.2 Å². The van der Waals surface area contributed by atoms with Gasteiger partial charge in [-0.15, -0.1) is 0 Å². The Bertz CT molecular complexity index is 1060. The molecule has 2 aromatic carbocycles. The van der Waals surface area contributed by atoms with E-state index in [0.29, 0.717) is 11.8 Å². The average Bonchev–Trinajstić information content (AvgIpc) is 3.02. The Kier molecular flexibility index (Phi) is 5.22. The molecule has 0 saturated carbocycles. The summed E-state index contributed by atoms with van der Waals surface area (Å²) in [5, 5.41) is 3.22. The van der Waals surface area contributed by atoms with Gasteiger partial charge in [-0.1, -0.05) is 15.9 Å². The third-order valence-electron chi connectivity index (χ3n) is 4.47. The largest absolute Gasteiger partial charge is 0.340 e. The zero-order valence-electron chi connectivity index (χ0n) is 15.2. The first-order chi connectivity index (χ1) is 14.3. The third kappa shape index (κ3) is 3.76. The number of halogens is 3. The van der Waals surface area contributed by atoms with Crippen LogP contribution in [0, 0.1) is 11.6 Å². The summed E-state index contributed by atoms with van der Waals surface area (Å²) >= 11 is 3.33. The van der Waals surface area contributed by atoms with Gasteiger partial charge >= 0.3 is 6.03 Å². The lowest BCUT2D eigenvalue weighted by molar-refractivity contribution is -0.123. The fourth-order valence-electron chi connectivity index (χ4n) is 3.04. The molecule has 1 atom stereocenters. The summed E-state index contributed by atoms with van der Waals surface area (Å²) in [6, 6.07) is 9.13. The highest BCUT2D eigenvalue weighted by Gasteiger charge is 2.44. The maximum atomic E-state index is 13.7. The number of hydrazine groups is 1. The Morgan fingerprint density at radius 1 is 1.10 bits per heavy atom. The van der Waals surface area contributed by atoms with Crippen molar-refractivity contribution in [1.82, 2.24) is 15.3 Å². The van der Waals surface area contributed by atoms with Crippen molar-refractivity contribution in [1.29, 1.82) is 0 Å². The molecule has 1 unspecified atom stereocenters. The number of hydrogen-bond acceptors (Lipinski definition) is 4. The van der Waals surface area contributed by atoms with E-state index in [1.807, 2.05) is 0 Å². The summed E-state index contributed by atoms with van der Waals surface area (Å²) in [6.07, 6.45) is 1.86. The molecule has 0 aliphatic carbocycles. The smallest absolute Gasteiger partial charge is 0.322 e. The molecular formula is C19H14BrF2N5O3. The zero-order chi connectivity index (χ0) is 21.4. The summed E-state index contributed by atoms with van der Waals surface area (Å²) in [5.74, 6) is -2.85. The molecule has 0 radical (unpaired) electrons. The van der Waals surface area contributed by atoms with Crippen LogP contribution in [-0.4, -0.2) is 40.5 Å². The van der Waals surface area contributed by atoms with Crippen LogP contribution in [0.5, 0.6) is 0 Å². The first kappa shape index (κ1) is 20.0. The van der Waals surface area contributed by atoms with Gasteiger partial charge in [0.15, 0.2) is 6.17 Å². The molecule has 2 aliphatic rings. The van der Waals surface area contributed by atoms with Crippen molar-refractivity contribution < 1.29 is 23.2 Å². The molecule has 2 aliphatic heterocycles. The van der Waals surface area contributed by atoms with Gasteiger partial charge in [0.25, 0.3) is 5.91 Å². The van der Waals surface area contributed by atoms with Crippen molar-refractivity contribution in [2.45, 2.75) is 6.17 Å². The lowest BCUT2D eigenvalue weighted by Gasteiger charge is -2.29. The minimum absolute atomic E-state index is 0.219. The van der Waals surface area contributed by atoms with Crippen molar-refractivity contribution in [2.24, 2.45) is 0 Å². The maximum absolute atomic E-state index is 13.7. The van der Waals surface area contributed by atoms with Crippen LogP contribution in [0.1, 0.15) is 0 Å². The highest BCUT2D eigenvalue weighted by molar-refractivity contribution is 9.10. The summed E-state index contributed by atoms with van der Waals surface area (Å²) in [4.78, 5) is 40.1. The predicted octanol–water partition coefficient (Wildman–Crippen LogP) is 2.75. The summed E-state index contributed by atoms with van der Waals surface area (Å²) in [7, 11) is 0. The number of carbonyl (C=O) groups is 3. The van der Waals surface area contributed by atoms with Gasteiger partial charge in [0, 0.05) is 28.6 Å². The van der Waals surface area contributed by atoms with E-state index in [9.17, 15) is 23.2 Å². The van der Waals surface area contributed by atoms with E-state index >= 15 is 0 Å². The number of hydrogen-bond donors (Lipinski definition) is 2. The number of anilines is 2. The molecule has 0 aromatic heterocycles. The van der Waals surface area contributed by atoms with Crippen LogP contribution in [-0.2, 0) is 9.59 Å². The highest BCUT2D eigenvalue weighted by atomic mass is 79.9. The standard InChI is InChI=1S/C19H14BrF2N5O3/c20-11-1-4-13(5-2-11)25-7-8-26-17(18(25)29)24-27(19(26)30)10-16(28)23-15-6-3-12(21)9-14(15)22/h1-9,17,24H,10H2,(H,23,28). The monoisotopic (exact) mass is 477 g/mol. The van der Waals surface area contributed by atoms with Crippen LogP contribution in [0.15, 0.2) is 59.3 Å². The number of amides is 4. The molecule has 11 heteroatoms. The topological polar surface area (TPSA) is 85.0 Å². The van der Waals surface area contributed by atoms with Gasteiger partial charge in [-0.3, -0.25) is 19.4 Å². The zero-order valence-corrected chi connectivity index (χ0v) is 16.8. The fourth-order valence-corrected chi connectivity index (χ4v) is 3.30. The Morgan fingerprint density at radius 2 is 1.83 bits per heavy atom. The molecule has 4 rings (SSSR count). The van der Waals surface area contributed by atoms with Crippen LogP contribution < -0.4 is 15.6 Å². The SMILES string of the molecule is O=C(CN1NC2C(=O)N(c3ccc(Br)cc3)C=CN2C1=O)Nc1ccc(F)cc1F. The number of nitrogens with one attached hydrogen (secondary N) is 2. The van der Waals surface area contributed by atoms with E-state index in [0.717, 1.165) is 26.5 Å². The van der Waals surface area contributed by atoms with Gasteiger partial charge in [0.05, 0.1) is 5.69 Å². The van der Waals surface area contributed by atoms with Crippen LogP contribution in [0.4, 0.5) is 25.0 Å². The molecule has 8 nitrogen and oxygen atoms in total.